The molecular weight excluding hydrogens is 304 g/mol. The molecule has 0 saturated carbocycles. The van der Waals surface area contributed by atoms with Crippen LogP contribution in [0.25, 0.3) is 11.3 Å². The van der Waals surface area contributed by atoms with Crippen LogP contribution in [0.5, 0.6) is 0 Å². The van der Waals surface area contributed by atoms with Gasteiger partial charge in [-0.3, -0.25) is 4.68 Å². The molecule has 0 unspecified atom stereocenters. The molecule has 124 valence electrons. The normalized spacial score (nSPS) is 17.9. The fourth-order valence-corrected chi connectivity index (χ4v) is 2.88. The molecule has 1 aliphatic rings. The lowest BCUT2D eigenvalue weighted by molar-refractivity contribution is 0.0158. The van der Waals surface area contributed by atoms with Crippen LogP contribution in [-0.2, 0) is 17.8 Å². The Balaban J connectivity index is 1.47. The lowest BCUT2D eigenvalue weighted by Crippen LogP contribution is -2.40. The minimum Gasteiger partial charge on any atom is -0.374 e. The van der Waals surface area contributed by atoms with E-state index in [4.69, 9.17) is 4.74 Å². The fraction of sp³-hybridized carbons (Fsp3) is 0.353. The van der Waals surface area contributed by atoms with Gasteiger partial charge in [-0.2, -0.15) is 5.10 Å². The quantitative estimate of drug-likeness (QED) is 0.763. The largest absolute Gasteiger partial charge is 0.374 e. The van der Waals surface area contributed by atoms with Crippen LogP contribution < -0.4 is 5.32 Å². The first kappa shape index (κ1) is 15.0. The highest BCUT2D eigenvalue weighted by atomic mass is 16.5. The van der Waals surface area contributed by atoms with Gasteiger partial charge >= 0.3 is 0 Å². The van der Waals surface area contributed by atoms with Gasteiger partial charge in [0.2, 0.25) is 0 Å². The van der Waals surface area contributed by atoms with Gasteiger partial charge in [0, 0.05) is 31.0 Å². The number of hydrogen-bond acceptors (Lipinski definition) is 5. The van der Waals surface area contributed by atoms with Crippen molar-refractivity contribution in [3.8, 4) is 11.3 Å². The van der Waals surface area contributed by atoms with Crippen LogP contribution in [0.2, 0.25) is 0 Å². The Morgan fingerprint density at radius 2 is 2.25 bits per heavy atom. The van der Waals surface area contributed by atoms with E-state index in [9.17, 15) is 0 Å². The monoisotopic (exact) mass is 324 g/mol. The van der Waals surface area contributed by atoms with Crippen molar-refractivity contribution in [2.75, 3.05) is 19.7 Å². The van der Waals surface area contributed by atoms with E-state index < -0.39 is 0 Å². The molecule has 1 fully saturated rings. The first-order chi connectivity index (χ1) is 11.9. The number of benzene rings is 1. The van der Waals surface area contributed by atoms with Crippen molar-refractivity contribution in [3.05, 3.63) is 54.5 Å². The van der Waals surface area contributed by atoms with Gasteiger partial charge < -0.3 is 10.1 Å². The molecular formula is C17H20N6O. The number of rotatable bonds is 5. The second-order valence-corrected chi connectivity index (χ2v) is 5.93. The lowest BCUT2D eigenvalue weighted by atomic mass is 10.1. The number of ether oxygens (including phenoxy) is 1. The second-order valence-electron chi connectivity index (χ2n) is 5.93. The molecule has 1 aliphatic heterocycles. The van der Waals surface area contributed by atoms with Crippen LogP contribution in [0.4, 0.5) is 0 Å². The molecule has 1 atom stereocenters. The van der Waals surface area contributed by atoms with Gasteiger partial charge in [-0.05, 0) is 17.7 Å². The minimum atomic E-state index is 0.152. The maximum atomic E-state index is 5.71. The molecule has 0 spiro atoms. The molecule has 1 N–H and O–H groups in total. The van der Waals surface area contributed by atoms with Crippen LogP contribution in [-0.4, -0.2) is 50.6 Å². The molecule has 0 radical (unpaired) electrons. The lowest BCUT2D eigenvalue weighted by Gasteiger charge is -2.23. The first-order valence-electron chi connectivity index (χ1n) is 8.16. The first-order valence-corrected chi connectivity index (χ1v) is 8.16. The Labute approximate surface area is 140 Å². The van der Waals surface area contributed by atoms with Crippen molar-refractivity contribution in [2.24, 2.45) is 0 Å². The van der Waals surface area contributed by atoms with E-state index in [2.05, 4.69) is 38.9 Å². The summed E-state index contributed by atoms with van der Waals surface area (Å²) in [5.41, 5.74) is 3.13. The van der Waals surface area contributed by atoms with E-state index in [1.807, 2.05) is 33.9 Å². The van der Waals surface area contributed by atoms with Crippen molar-refractivity contribution in [1.82, 2.24) is 30.1 Å². The zero-order chi connectivity index (χ0) is 16.2. The van der Waals surface area contributed by atoms with Gasteiger partial charge in [0.25, 0.3) is 0 Å². The fourth-order valence-electron chi connectivity index (χ4n) is 2.88. The van der Waals surface area contributed by atoms with E-state index in [1.54, 1.807) is 6.20 Å². The minimum absolute atomic E-state index is 0.152. The Hall–Kier alpha value is -2.51. The summed E-state index contributed by atoms with van der Waals surface area (Å²) in [5.74, 6) is 0. The molecule has 7 heteroatoms. The van der Waals surface area contributed by atoms with Gasteiger partial charge in [0.05, 0.1) is 32.0 Å². The van der Waals surface area contributed by atoms with E-state index in [0.717, 1.165) is 37.5 Å². The van der Waals surface area contributed by atoms with Gasteiger partial charge in [0.15, 0.2) is 0 Å². The molecule has 0 aliphatic carbocycles. The van der Waals surface area contributed by atoms with Crippen LogP contribution in [0.15, 0.2) is 48.9 Å². The number of nitrogens with one attached hydrogen (secondary N) is 1. The van der Waals surface area contributed by atoms with E-state index in [0.29, 0.717) is 6.54 Å². The summed E-state index contributed by atoms with van der Waals surface area (Å²) in [6.07, 6.45) is 5.88. The standard InChI is InChI=1S/C17H20N6O/c1-3-14(11-22-7-2-5-19-22)9-15(4-1)17-13-23(21-20-17)12-16-10-18-6-8-24-16/h1-5,7,9,13,16,18H,6,8,10-12H2/t16-/m1/s1. The highest BCUT2D eigenvalue weighted by Gasteiger charge is 2.15. The van der Waals surface area contributed by atoms with Gasteiger partial charge in [-0.15, -0.1) is 5.10 Å². The van der Waals surface area contributed by atoms with Crippen molar-refractivity contribution >= 4 is 0 Å². The molecule has 7 nitrogen and oxygen atoms in total. The van der Waals surface area contributed by atoms with Crippen LogP contribution >= 0.6 is 0 Å². The maximum absolute atomic E-state index is 5.71. The summed E-state index contributed by atoms with van der Waals surface area (Å²) in [6.45, 7) is 3.99. The number of aromatic nitrogens is 5. The van der Waals surface area contributed by atoms with Gasteiger partial charge in [0.1, 0.15) is 5.69 Å². The third-order valence-electron chi connectivity index (χ3n) is 4.06. The number of morpholine rings is 1. The zero-order valence-electron chi connectivity index (χ0n) is 13.4. The Morgan fingerprint density at radius 3 is 3.08 bits per heavy atom. The van der Waals surface area contributed by atoms with Crippen molar-refractivity contribution < 1.29 is 4.74 Å². The predicted octanol–water partition coefficient (Wildman–Crippen LogP) is 1.18. The van der Waals surface area contributed by atoms with Crippen molar-refractivity contribution in [1.29, 1.82) is 0 Å². The molecule has 0 amide bonds. The predicted molar refractivity (Wildman–Crippen MR) is 89.4 cm³/mol. The zero-order valence-corrected chi connectivity index (χ0v) is 13.4. The molecule has 1 aromatic carbocycles. The highest BCUT2D eigenvalue weighted by molar-refractivity contribution is 5.58. The molecule has 4 rings (SSSR count). The summed E-state index contributed by atoms with van der Waals surface area (Å²) in [6, 6.07) is 10.3. The Morgan fingerprint density at radius 1 is 1.25 bits per heavy atom. The van der Waals surface area contributed by atoms with Crippen LogP contribution in [0.1, 0.15) is 5.56 Å². The van der Waals surface area contributed by atoms with E-state index in [1.165, 1.54) is 5.56 Å². The number of hydrogen-bond donors (Lipinski definition) is 1. The number of nitrogens with zero attached hydrogens (tertiary/aromatic N) is 5. The Kier molecular flexibility index (Phi) is 4.35. The molecule has 2 aromatic heterocycles. The van der Waals surface area contributed by atoms with Gasteiger partial charge in [-0.25, -0.2) is 4.68 Å². The molecule has 24 heavy (non-hydrogen) atoms. The van der Waals surface area contributed by atoms with E-state index >= 15 is 0 Å². The summed E-state index contributed by atoms with van der Waals surface area (Å²) >= 11 is 0. The van der Waals surface area contributed by atoms with Crippen molar-refractivity contribution in [3.63, 3.8) is 0 Å². The van der Waals surface area contributed by atoms with Crippen LogP contribution in [0.3, 0.4) is 0 Å². The summed E-state index contributed by atoms with van der Waals surface area (Å²) in [7, 11) is 0. The molecule has 0 bridgehead atoms. The molecule has 3 heterocycles. The van der Waals surface area contributed by atoms with Crippen LogP contribution in [0, 0.1) is 0 Å². The summed E-state index contributed by atoms with van der Waals surface area (Å²) in [5, 5.41) is 16.1. The average Bonchev–Trinajstić information content (AvgIpc) is 3.28. The van der Waals surface area contributed by atoms with Crippen molar-refractivity contribution in [2.45, 2.75) is 19.2 Å². The summed E-state index contributed by atoms with van der Waals surface area (Å²) in [4.78, 5) is 0. The third kappa shape index (κ3) is 3.52. The topological polar surface area (TPSA) is 69.8 Å². The smallest absolute Gasteiger partial charge is 0.113 e. The maximum Gasteiger partial charge on any atom is 0.113 e. The second kappa shape index (κ2) is 6.94. The molecule has 1 saturated heterocycles. The summed E-state index contributed by atoms with van der Waals surface area (Å²) < 4.78 is 9.47. The third-order valence-corrected chi connectivity index (χ3v) is 4.06. The Bertz CT molecular complexity index is 776. The van der Waals surface area contributed by atoms with Gasteiger partial charge in [-0.1, -0.05) is 23.4 Å². The SMILES string of the molecule is c1cc(Cn2cccn2)cc(-c2cn(C[C@H]3CNCCO3)nn2)c1. The molecule has 3 aromatic rings. The van der Waals surface area contributed by atoms with E-state index in [-0.39, 0.29) is 6.10 Å². The highest BCUT2D eigenvalue weighted by Crippen LogP contribution is 2.18. The average molecular weight is 324 g/mol.